The smallest absolute Gasteiger partial charge is 0.186 e. The van der Waals surface area contributed by atoms with E-state index in [2.05, 4.69) is 27.7 Å². The first-order valence-electron chi connectivity index (χ1n) is 9.82. The largest absolute Gasteiger partial charge is 0.387 e. The van der Waals surface area contributed by atoms with Crippen molar-refractivity contribution in [1.29, 1.82) is 0 Å². The molecule has 0 radical (unpaired) electrons. The van der Waals surface area contributed by atoms with Gasteiger partial charge in [0.2, 0.25) is 0 Å². The van der Waals surface area contributed by atoms with Gasteiger partial charge in [-0.25, -0.2) is 0 Å². The Hall–Kier alpha value is -0.160. The van der Waals surface area contributed by atoms with Crippen molar-refractivity contribution >= 4 is 0 Å². The molecule has 2 aliphatic heterocycles. The highest BCUT2D eigenvalue weighted by Gasteiger charge is 2.65. The number of rotatable bonds is 0. The van der Waals surface area contributed by atoms with Crippen molar-refractivity contribution in [3.05, 3.63) is 0 Å². The van der Waals surface area contributed by atoms with Gasteiger partial charge >= 0.3 is 0 Å². The molecule has 0 amide bonds. The third-order valence-electron chi connectivity index (χ3n) is 8.38. The molecule has 0 aromatic rings. The molecule has 4 nitrogen and oxygen atoms in total. The Labute approximate surface area is 145 Å². The topological polar surface area (TPSA) is 58.9 Å². The van der Waals surface area contributed by atoms with E-state index in [9.17, 15) is 10.2 Å². The zero-order valence-electron chi connectivity index (χ0n) is 15.7. The van der Waals surface area contributed by atoms with Gasteiger partial charge in [0, 0.05) is 0 Å². The minimum absolute atomic E-state index is 0.175. The van der Waals surface area contributed by atoms with Crippen LogP contribution in [0.3, 0.4) is 0 Å². The Morgan fingerprint density at radius 1 is 0.875 bits per heavy atom. The van der Waals surface area contributed by atoms with E-state index < -0.39 is 18.0 Å². The lowest BCUT2D eigenvalue weighted by molar-refractivity contribution is -0.315. The summed E-state index contributed by atoms with van der Waals surface area (Å²) in [5, 5.41) is 20.8. The van der Waals surface area contributed by atoms with Crippen LogP contribution in [0.2, 0.25) is 0 Å². The highest BCUT2D eigenvalue weighted by Crippen LogP contribution is 2.66. The van der Waals surface area contributed by atoms with Gasteiger partial charge in [-0.1, -0.05) is 27.2 Å². The van der Waals surface area contributed by atoms with Gasteiger partial charge in [0.15, 0.2) is 6.29 Å². The number of aliphatic hydroxyl groups excluding tert-OH is 2. The molecule has 4 aliphatic rings. The lowest BCUT2D eigenvalue weighted by atomic mass is 9.44. The average molecular weight is 338 g/mol. The van der Waals surface area contributed by atoms with E-state index in [-0.39, 0.29) is 12.2 Å². The Morgan fingerprint density at radius 3 is 2.25 bits per heavy atom. The maximum atomic E-state index is 10.4. The summed E-state index contributed by atoms with van der Waals surface area (Å²) in [6.07, 6.45) is 6.08. The van der Waals surface area contributed by atoms with Gasteiger partial charge < -0.3 is 19.7 Å². The van der Waals surface area contributed by atoms with E-state index in [4.69, 9.17) is 9.47 Å². The number of fused-ring (bicyclic) bond motifs is 3. The first kappa shape index (κ1) is 17.3. The lowest BCUT2D eigenvalue weighted by Gasteiger charge is -2.65. The molecule has 2 N–H and O–H groups in total. The van der Waals surface area contributed by atoms with Crippen molar-refractivity contribution in [2.75, 3.05) is 6.61 Å². The predicted octanol–water partition coefficient (Wildman–Crippen LogP) is 3.25. The summed E-state index contributed by atoms with van der Waals surface area (Å²) < 4.78 is 11.9. The third-order valence-corrected chi connectivity index (χ3v) is 8.38. The van der Waals surface area contributed by atoms with Crippen molar-refractivity contribution in [1.82, 2.24) is 0 Å². The Kier molecular flexibility index (Phi) is 3.73. The van der Waals surface area contributed by atoms with E-state index in [1.54, 1.807) is 0 Å². The summed E-state index contributed by atoms with van der Waals surface area (Å²) in [6, 6.07) is 0. The van der Waals surface area contributed by atoms with Gasteiger partial charge in [-0.15, -0.1) is 0 Å². The molecule has 1 spiro atoms. The molecule has 24 heavy (non-hydrogen) atoms. The average Bonchev–Trinajstić information content (AvgIpc) is 2.74. The quantitative estimate of drug-likeness (QED) is 0.712. The molecule has 0 aromatic heterocycles. The maximum absolute atomic E-state index is 10.4. The van der Waals surface area contributed by atoms with E-state index in [0.29, 0.717) is 23.2 Å². The molecule has 0 bridgehead atoms. The molecule has 7 atom stereocenters. The summed E-state index contributed by atoms with van der Waals surface area (Å²) in [5.41, 5.74) is -0.490. The van der Waals surface area contributed by atoms with Crippen LogP contribution in [0.4, 0.5) is 0 Å². The molecular weight excluding hydrogens is 304 g/mol. The fourth-order valence-corrected chi connectivity index (χ4v) is 7.26. The SMILES string of the molecule is CC1(C)CCCC2(C)C1CCC1(C)OC3(CCC12)C(O)COC3O. The van der Waals surface area contributed by atoms with Crippen molar-refractivity contribution < 1.29 is 19.7 Å². The maximum Gasteiger partial charge on any atom is 0.186 e. The molecule has 2 aliphatic carbocycles. The van der Waals surface area contributed by atoms with Crippen LogP contribution >= 0.6 is 0 Å². The van der Waals surface area contributed by atoms with Gasteiger partial charge in [0.1, 0.15) is 11.7 Å². The van der Waals surface area contributed by atoms with Crippen LogP contribution in [-0.4, -0.2) is 40.4 Å². The number of hydrogen-bond acceptors (Lipinski definition) is 4. The monoisotopic (exact) mass is 338 g/mol. The fourth-order valence-electron chi connectivity index (χ4n) is 7.26. The molecule has 4 heteroatoms. The van der Waals surface area contributed by atoms with Crippen LogP contribution in [0.15, 0.2) is 0 Å². The summed E-state index contributed by atoms with van der Waals surface area (Å²) in [6.45, 7) is 9.77. The van der Waals surface area contributed by atoms with Gasteiger partial charge in [-0.3, -0.25) is 0 Å². The van der Waals surface area contributed by atoms with E-state index in [0.717, 1.165) is 18.8 Å². The van der Waals surface area contributed by atoms with Crippen LogP contribution in [-0.2, 0) is 9.47 Å². The van der Waals surface area contributed by atoms with Crippen LogP contribution in [0.25, 0.3) is 0 Å². The molecule has 2 heterocycles. The Balaban J connectivity index is 1.67. The van der Waals surface area contributed by atoms with Crippen LogP contribution in [0, 0.1) is 22.7 Å². The zero-order valence-corrected chi connectivity index (χ0v) is 15.7. The highest BCUT2D eigenvalue weighted by molar-refractivity contribution is 5.13. The number of hydrogen-bond donors (Lipinski definition) is 2. The second-order valence-corrected chi connectivity index (χ2v) is 10.1. The molecule has 4 fully saturated rings. The minimum atomic E-state index is -1.00. The second-order valence-electron chi connectivity index (χ2n) is 10.1. The van der Waals surface area contributed by atoms with Gasteiger partial charge in [-0.2, -0.15) is 0 Å². The summed E-state index contributed by atoms with van der Waals surface area (Å²) in [5.74, 6) is 1.23. The predicted molar refractivity (Wildman–Crippen MR) is 91.4 cm³/mol. The van der Waals surface area contributed by atoms with E-state index in [1.807, 2.05) is 0 Å². The van der Waals surface area contributed by atoms with E-state index >= 15 is 0 Å². The molecule has 138 valence electrons. The molecule has 4 rings (SSSR count). The van der Waals surface area contributed by atoms with Crippen LogP contribution < -0.4 is 0 Å². The summed E-state index contributed by atoms with van der Waals surface area (Å²) >= 11 is 0. The zero-order chi connectivity index (χ0) is 17.4. The van der Waals surface area contributed by atoms with Gasteiger partial charge in [-0.05, 0) is 68.1 Å². The first-order chi connectivity index (χ1) is 11.1. The van der Waals surface area contributed by atoms with Crippen molar-refractivity contribution in [2.45, 2.75) is 96.2 Å². The number of ether oxygens (including phenoxy) is 2. The minimum Gasteiger partial charge on any atom is -0.387 e. The van der Waals surface area contributed by atoms with Crippen LogP contribution in [0.1, 0.15) is 72.6 Å². The Bertz CT molecular complexity index is 508. The van der Waals surface area contributed by atoms with Gasteiger partial charge in [0.05, 0.1) is 12.2 Å². The molecule has 2 saturated carbocycles. The number of aliphatic hydroxyl groups is 2. The second kappa shape index (κ2) is 5.18. The highest BCUT2D eigenvalue weighted by atomic mass is 16.7. The first-order valence-corrected chi connectivity index (χ1v) is 9.82. The molecule has 0 aromatic carbocycles. The molecule has 7 unspecified atom stereocenters. The fraction of sp³-hybridized carbons (Fsp3) is 1.00. The van der Waals surface area contributed by atoms with Gasteiger partial charge in [0.25, 0.3) is 0 Å². The third kappa shape index (κ3) is 2.12. The lowest BCUT2D eigenvalue weighted by Crippen LogP contribution is -2.66. The molecule has 2 saturated heterocycles. The standard InChI is InChI=1S/C20H34O4/c1-17(2)8-5-9-18(3)13(17)6-10-19(4)14(18)7-11-20(24-19)15(21)12-23-16(20)22/h13-16,21-22H,5-12H2,1-4H3. The Morgan fingerprint density at radius 2 is 1.58 bits per heavy atom. The van der Waals surface area contributed by atoms with Crippen molar-refractivity contribution in [3.63, 3.8) is 0 Å². The summed E-state index contributed by atoms with van der Waals surface area (Å²) in [7, 11) is 0. The van der Waals surface area contributed by atoms with Crippen molar-refractivity contribution in [3.8, 4) is 0 Å². The van der Waals surface area contributed by atoms with E-state index in [1.165, 1.54) is 25.7 Å². The summed E-state index contributed by atoms with van der Waals surface area (Å²) in [4.78, 5) is 0. The normalized spacial score (nSPS) is 56.8. The van der Waals surface area contributed by atoms with Crippen molar-refractivity contribution in [2.24, 2.45) is 22.7 Å². The molecular formula is C20H34O4. The van der Waals surface area contributed by atoms with Crippen LogP contribution in [0.5, 0.6) is 0 Å².